The van der Waals surface area contributed by atoms with Gasteiger partial charge in [-0.3, -0.25) is 14.5 Å². The predicted molar refractivity (Wildman–Crippen MR) is 218 cm³/mol. The number of carbonyl (C=O) groups excluding carboxylic acids is 3. The van der Waals surface area contributed by atoms with Crippen molar-refractivity contribution in [3.05, 3.63) is 72.6 Å². The molecule has 2 aromatic heterocycles. The fourth-order valence-corrected chi connectivity index (χ4v) is 7.88. The molecule has 1 spiro atoms. The first-order chi connectivity index (χ1) is 30.6. The molecule has 314 valence electrons. The van der Waals surface area contributed by atoms with E-state index in [-0.39, 0.29) is 48.5 Å². The highest BCUT2D eigenvalue weighted by atomic mass is 16.7. The van der Waals surface area contributed by atoms with Crippen LogP contribution in [0.3, 0.4) is 0 Å². The van der Waals surface area contributed by atoms with E-state index < -0.39 is 60.7 Å². The van der Waals surface area contributed by atoms with Gasteiger partial charge in [0.25, 0.3) is 0 Å². The average Bonchev–Trinajstić information content (AvgIpc) is 4.11. The van der Waals surface area contributed by atoms with Crippen LogP contribution in [-0.2, 0) is 23.8 Å². The van der Waals surface area contributed by atoms with Crippen molar-refractivity contribution in [1.29, 1.82) is 0 Å². The number of hydrogen-bond acceptors (Lipinski definition) is 9. The number of rotatable bonds is 11. The summed E-state index contributed by atoms with van der Waals surface area (Å²) in [5, 5.41) is 12.5. The Morgan fingerprint density at radius 2 is 1.51 bits per heavy atom. The van der Waals surface area contributed by atoms with Crippen LogP contribution in [0.5, 0.6) is 0 Å². The zero-order valence-electron chi connectivity index (χ0n) is 39.7. The fraction of sp³-hybridized carbons (Fsp3) is 0.488. The molecule has 4 aromatic rings. The Kier molecular flexibility index (Phi) is 9.98. The summed E-state index contributed by atoms with van der Waals surface area (Å²) in [6, 6.07) is 8.90. The van der Waals surface area contributed by atoms with Gasteiger partial charge in [-0.05, 0) is 42.2 Å². The van der Waals surface area contributed by atoms with E-state index in [1.807, 2.05) is 62.4 Å². The van der Waals surface area contributed by atoms with Crippen molar-refractivity contribution < 1.29 is 46.7 Å². The molecule has 5 atom stereocenters. The van der Waals surface area contributed by atoms with E-state index in [9.17, 15) is 25.7 Å². The molecule has 59 heavy (non-hydrogen) atoms. The first-order valence-corrected chi connectivity index (χ1v) is 19.6. The second-order valence-corrected chi connectivity index (χ2v) is 15.3. The first kappa shape index (κ1) is 34.2. The average molecular weight is 817 g/mol. The molecule has 0 saturated carbocycles. The predicted octanol–water partition coefficient (Wildman–Crippen LogP) is 6.22. The number of hydrogen-bond donors (Lipinski definition) is 4. The Hall–Kier alpha value is -5.74. The number of H-pyrrole nitrogens is 2. The number of ether oxygens (including phenoxy) is 3. The van der Waals surface area contributed by atoms with Gasteiger partial charge in [0.1, 0.15) is 23.7 Å². The number of carbonyl (C=O) groups is 4. The molecule has 16 heteroatoms. The van der Waals surface area contributed by atoms with Crippen LogP contribution in [-0.4, -0.2) is 122 Å². The second-order valence-electron chi connectivity index (χ2n) is 15.3. The van der Waals surface area contributed by atoms with Gasteiger partial charge in [0.05, 0.1) is 53.1 Å². The quantitative estimate of drug-likeness (QED) is 0.135. The number of aromatic nitrogens is 4. The standard InChI is InChI=1S/C43H54N8O8/c1-25(2)35(48-41(54)57-6)39(52)51-24-43(58-19-8-20-59-43)21-34(51)38-45-23-32(47-38)30-16-12-28(13-17-30)27-10-14-29(15-11-27)31-22-44-37(46-31)33-9-7-18-50(33)40(53)36(26(3)4)49(5)42(55)56/h10-17,22-23,25-26,33-36H,7-9,18-21,24H2,1-6H3,(H,44,46)(H,45,47)(H,48,54)(H,55,56)/t33-,34-,35-,36-/m0/s1/i3D3,26D,33D,36D/t26?,33-,34-,35-,36-. The van der Waals surface area contributed by atoms with E-state index in [1.165, 1.54) is 7.11 Å². The molecule has 4 N–H and O–H groups in total. The molecule has 1 unspecified atom stereocenters. The number of nitrogens with one attached hydrogen (secondary N) is 3. The molecule has 7 rings (SSSR count). The topological polar surface area (TPSA) is 195 Å². The van der Waals surface area contributed by atoms with E-state index in [0.717, 1.165) is 42.0 Å². The van der Waals surface area contributed by atoms with Crippen LogP contribution in [0.25, 0.3) is 33.6 Å². The summed E-state index contributed by atoms with van der Waals surface area (Å²) in [4.78, 5) is 71.0. The highest BCUT2D eigenvalue weighted by molar-refractivity contribution is 5.87. The minimum Gasteiger partial charge on any atom is -0.465 e. The Morgan fingerprint density at radius 1 is 0.932 bits per heavy atom. The van der Waals surface area contributed by atoms with Gasteiger partial charge in [0, 0.05) is 49.0 Å². The van der Waals surface area contributed by atoms with E-state index >= 15 is 0 Å². The van der Waals surface area contributed by atoms with Crippen molar-refractivity contribution >= 4 is 24.0 Å². The lowest BCUT2D eigenvalue weighted by atomic mass is 10.0. The van der Waals surface area contributed by atoms with Crippen LogP contribution in [0.4, 0.5) is 9.59 Å². The maximum Gasteiger partial charge on any atom is 0.407 e. The monoisotopic (exact) mass is 816 g/mol. The van der Waals surface area contributed by atoms with E-state index in [2.05, 4.69) is 20.3 Å². The number of benzene rings is 2. The number of methoxy groups -OCH3 is 1. The van der Waals surface area contributed by atoms with Crippen LogP contribution in [0.1, 0.15) is 85.2 Å². The third-order valence-electron chi connectivity index (χ3n) is 11.0. The van der Waals surface area contributed by atoms with E-state index in [0.29, 0.717) is 42.4 Å². The molecule has 3 fully saturated rings. The minimum absolute atomic E-state index is 0.0400. The fourth-order valence-electron chi connectivity index (χ4n) is 7.88. The summed E-state index contributed by atoms with van der Waals surface area (Å²) in [6.45, 7) is 2.37. The van der Waals surface area contributed by atoms with Crippen LogP contribution >= 0.6 is 0 Å². The highest BCUT2D eigenvalue weighted by Crippen LogP contribution is 2.42. The third kappa shape index (κ3) is 8.55. The lowest BCUT2D eigenvalue weighted by Gasteiger charge is -2.34. The number of nitrogens with zero attached hydrogens (tertiary/aromatic N) is 5. The van der Waals surface area contributed by atoms with Gasteiger partial charge < -0.3 is 44.4 Å². The van der Waals surface area contributed by atoms with Gasteiger partial charge in [-0.15, -0.1) is 0 Å². The molecule has 2 aromatic carbocycles. The van der Waals surface area contributed by atoms with Crippen molar-refractivity contribution in [2.45, 2.75) is 83.2 Å². The number of alkyl carbamates (subject to hydrolysis) is 1. The molecule has 0 bridgehead atoms. The summed E-state index contributed by atoms with van der Waals surface area (Å²) in [5.41, 5.74) is 4.42. The number of likely N-dealkylation sites (tertiary alicyclic amines) is 2. The number of carboxylic acid groups (broad SMARTS) is 1. The van der Waals surface area contributed by atoms with Crippen LogP contribution in [0, 0.1) is 11.8 Å². The van der Waals surface area contributed by atoms with Crippen molar-refractivity contribution in [2.75, 3.05) is 40.5 Å². The normalized spacial score (nSPS) is 24.4. The molecule has 0 aliphatic carbocycles. The van der Waals surface area contributed by atoms with Gasteiger partial charge in [0.15, 0.2) is 5.79 Å². The Bertz CT molecular complexity index is 2400. The van der Waals surface area contributed by atoms with Gasteiger partial charge in [0.2, 0.25) is 11.8 Å². The van der Waals surface area contributed by atoms with Crippen molar-refractivity contribution in [3.63, 3.8) is 0 Å². The third-order valence-corrected chi connectivity index (χ3v) is 11.0. The number of imidazole rings is 2. The van der Waals surface area contributed by atoms with Crippen molar-refractivity contribution in [2.24, 2.45) is 11.8 Å². The summed E-state index contributed by atoms with van der Waals surface area (Å²) in [7, 11) is 2.12. The molecular formula is C43H54N8O8. The Morgan fingerprint density at radius 3 is 2.07 bits per heavy atom. The smallest absolute Gasteiger partial charge is 0.407 e. The maximum absolute atomic E-state index is 14.1. The molecule has 0 radical (unpaired) electrons. The van der Waals surface area contributed by atoms with Crippen molar-refractivity contribution in [1.82, 2.24) is 40.0 Å². The Labute approximate surface area is 352 Å². The van der Waals surface area contributed by atoms with Gasteiger partial charge in [-0.1, -0.05) is 76.2 Å². The van der Waals surface area contributed by atoms with Gasteiger partial charge >= 0.3 is 12.2 Å². The van der Waals surface area contributed by atoms with Crippen LogP contribution in [0.15, 0.2) is 60.9 Å². The summed E-state index contributed by atoms with van der Waals surface area (Å²) < 4.78 is 67.8. The number of likely N-dealkylation sites (N-methyl/N-ethyl adjacent to an activating group) is 1. The van der Waals surface area contributed by atoms with Crippen LogP contribution < -0.4 is 5.32 Å². The molecule has 3 aliphatic heterocycles. The SMILES string of the molecule is [2H]C([2H])([2H])C([2H])(C)[C@@]([2H])(C(=O)N1CCC[C@@]1([2H])c1nc(-c2ccc(-c3ccc(-c4c[nH]c([C@@H]5CC6(CN5C(=O)[C@@H](NC(=O)OC)C(C)C)OCCCO6)n4)cc3)cc2)c[nH]1)N(C)C(=O)O. The van der Waals surface area contributed by atoms with Crippen molar-refractivity contribution in [3.8, 4) is 33.6 Å². The molecule has 4 amide bonds. The molecule has 3 saturated heterocycles. The highest BCUT2D eigenvalue weighted by Gasteiger charge is 2.52. The largest absolute Gasteiger partial charge is 0.465 e. The van der Waals surface area contributed by atoms with E-state index in [1.54, 1.807) is 17.3 Å². The summed E-state index contributed by atoms with van der Waals surface area (Å²) in [5.74, 6) is -5.14. The number of amides is 4. The van der Waals surface area contributed by atoms with Gasteiger partial charge in [-0.25, -0.2) is 19.6 Å². The molecule has 3 aliphatic rings. The van der Waals surface area contributed by atoms with Crippen LogP contribution in [0.2, 0.25) is 0 Å². The Balaban J connectivity index is 1.07. The maximum atomic E-state index is 14.1. The second kappa shape index (κ2) is 17.2. The zero-order chi connectivity index (χ0) is 47.3. The lowest BCUT2D eigenvalue weighted by molar-refractivity contribution is -0.257. The minimum atomic E-state index is -3.23. The summed E-state index contributed by atoms with van der Waals surface area (Å²) >= 11 is 0. The number of aromatic amines is 2. The zero-order valence-corrected chi connectivity index (χ0v) is 33.7. The molecular weight excluding hydrogens is 757 g/mol. The van der Waals surface area contributed by atoms with E-state index in [4.69, 9.17) is 26.0 Å². The first-order valence-electron chi connectivity index (χ1n) is 22.6. The summed E-state index contributed by atoms with van der Waals surface area (Å²) in [6.07, 6.45) is 2.32. The lowest BCUT2D eigenvalue weighted by Crippen LogP contribution is -2.52. The van der Waals surface area contributed by atoms with Gasteiger partial charge in [-0.2, -0.15) is 0 Å². The molecule has 16 nitrogen and oxygen atoms in total. The molecule has 5 heterocycles.